The van der Waals surface area contributed by atoms with Crippen molar-refractivity contribution < 1.29 is 9.90 Å². The third kappa shape index (κ3) is 3.28. The first-order valence-corrected chi connectivity index (χ1v) is 8.48. The number of hydrogen-bond donors (Lipinski definition) is 2. The molecule has 0 unspecified atom stereocenters. The molecule has 1 aromatic carbocycles. The number of nitrogens with two attached hydrogens (primary N) is 1. The smallest absolute Gasteiger partial charge is 0.407 e. The summed E-state index contributed by atoms with van der Waals surface area (Å²) in [6.45, 7) is 3.44. The van der Waals surface area contributed by atoms with E-state index < -0.39 is 6.09 Å². The molecule has 1 amide bonds. The van der Waals surface area contributed by atoms with Crippen LogP contribution in [0.25, 0.3) is 11.1 Å². The molecule has 128 valence electrons. The Morgan fingerprint density at radius 3 is 2.96 bits per heavy atom. The van der Waals surface area contributed by atoms with Crippen molar-refractivity contribution in [3.63, 3.8) is 0 Å². The van der Waals surface area contributed by atoms with Crippen LogP contribution < -0.4 is 5.73 Å². The Balaban J connectivity index is 1.85. The molecule has 0 radical (unpaired) electrons. The first-order chi connectivity index (χ1) is 11.6. The van der Waals surface area contributed by atoms with Crippen LogP contribution in [0.2, 0.25) is 0 Å². The highest BCUT2D eigenvalue weighted by Crippen LogP contribution is 2.29. The molecule has 6 nitrogen and oxygen atoms in total. The van der Waals surface area contributed by atoms with Gasteiger partial charge in [-0.25, -0.2) is 4.79 Å². The van der Waals surface area contributed by atoms with Crippen LogP contribution in [0.4, 0.5) is 4.79 Å². The Morgan fingerprint density at radius 2 is 2.25 bits per heavy atom. The summed E-state index contributed by atoms with van der Waals surface area (Å²) in [5.74, 6) is 0. The average molecular weight is 328 g/mol. The molecular formula is C18H24N4O2. The van der Waals surface area contributed by atoms with Crippen molar-refractivity contribution in [1.29, 1.82) is 0 Å². The van der Waals surface area contributed by atoms with E-state index >= 15 is 0 Å². The van der Waals surface area contributed by atoms with Crippen LogP contribution in [-0.4, -0.2) is 38.5 Å². The van der Waals surface area contributed by atoms with Crippen LogP contribution in [0, 0.1) is 0 Å². The molecule has 3 rings (SSSR count). The summed E-state index contributed by atoms with van der Waals surface area (Å²) < 4.78 is 1.88. The largest absolute Gasteiger partial charge is 0.465 e. The first-order valence-electron chi connectivity index (χ1n) is 8.48. The molecular weight excluding hydrogens is 304 g/mol. The van der Waals surface area contributed by atoms with Crippen LogP contribution in [0.3, 0.4) is 0 Å². The third-order valence-electron chi connectivity index (χ3n) is 4.77. The molecule has 3 N–H and O–H groups in total. The molecule has 1 saturated heterocycles. The third-order valence-corrected chi connectivity index (χ3v) is 4.77. The summed E-state index contributed by atoms with van der Waals surface area (Å²) in [6, 6.07) is 7.56. The number of carbonyl (C=O) groups is 1. The van der Waals surface area contributed by atoms with Gasteiger partial charge >= 0.3 is 6.09 Å². The van der Waals surface area contributed by atoms with Crippen molar-refractivity contribution >= 4 is 6.09 Å². The zero-order chi connectivity index (χ0) is 17.1. The number of aromatic nitrogens is 2. The molecule has 1 aliphatic heterocycles. The fourth-order valence-corrected chi connectivity index (χ4v) is 3.40. The minimum Gasteiger partial charge on any atom is -0.465 e. The van der Waals surface area contributed by atoms with E-state index in [0.29, 0.717) is 6.54 Å². The van der Waals surface area contributed by atoms with Crippen LogP contribution in [0.15, 0.2) is 36.7 Å². The number of likely N-dealkylation sites (tertiary alicyclic amines) is 1. The average Bonchev–Trinajstić information content (AvgIpc) is 3.10. The number of nitrogens with zero attached hydrogens (tertiary/aromatic N) is 3. The van der Waals surface area contributed by atoms with Gasteiger partial charge in [-0.05, 0) is 43.4 Å². The molecule has 0 bridgehead atoms. The van der Waals surface area contributed by atoms with E-state index in [0.717, 1.165) is 42.5 Å². The fraction of sp³-hybridized carbons (Fsp3) is 0.444. The molecule has 0 spiro atoms. The highest BCUT2D eigenvalue weighted by atomic mass is 16.4. The molecule has 1 fully saturated rings. The predicted molar refractivity (Wildman–Crippen MR) is 92.6 cm³/mol. The quantitative estimate of drug-likeness (QED) is 0.903. The van der Waals surface area contributed by atoms with Gasteiger partial charge in [0.2, 0.25) is 0 Å². The van der Waals surface area contributed by atoms with E-state index in [-0.39, 0.29) is 12.1 Å². The normalized spacial score (nSPS) is 19.2. The Labute approximate surface area is 141 Å². The molecule has 2 aromatic rings. The highest BCUT2D eigenvalue weighted by Gasteiger charge is 2.31. The highest BCUT2D eigenvalue weighted by molar-refractivity contribution is 5.66. The van der Waals surface area contributed by atoms with E-state index in [1.165, 1.54) is 4.90 Å². The summed E-state index contributed by atoms with van der Waals surface area (Å²) >= 11 is 0. The fourth-order valence-electron chi connectivity index (χ4n) is 3.40. The second-order valence-electron chi connectivity index (χ2n) is 6.28. The van der Waals surface area contributed by atoms with E-state index in [4.69, 9.17) is 5.73 Å². The van der Waals surface area contributed by atoms with Gasteiger partial charge in [-0.15, -0.1) is 0 Å². The second-order valence-corrected chi connectivity index (χ2v) is 6.28. The lowest BCUT2D eigenvalue weighted by Gasteiger charge is -2.37. The maximum Gasteiger partial charge on any atom is 0.407 e. The van der Waals surface area contributed by atoms with Crippen molar-refractivity contribution in [3.8, 4) is 11.1 Å². The van der Waals surface area contributed by atoms with Crippen LogP contribution >= 0.6 is 0 Å². The maximum absolute atomic E-state index is 11.5. The van der Waals surface area contributed by atoms with E-state index in [2.05, 4.69) is 11.2 Å². The van der Waals surface area contributed by atoms with E-state index in [9.17, 15) is 9.90 Å². The van der Waals surface area contributed by atoms with Crippen molar-refractivity contribution in [2.45, 2.75) is 44.8 Å². The van der Waals surface area contributed by atoms with Gasteiger partial charge in [-0.3, -0.25) is 4.68 Å². The molecule has 1 aromatic heterocycles. The Hall–Kier alpha value is -2.34. The van der Waals surface area contributed by atoms with Crippen LogP contribution in [-0.2, 0) is 6.54 Å². The molecule has 0 saturated carbocycles. The zero-order valence-electron chi connectivity index (χ0n) is 13.9. The monoisotopic (exact) mass is 328 g/mol. The molecule has 1 aliphatic rings. The number of rotatable bonds is 4. The standard InChI is InChI=1S/C18H24N4O2/c1-2-21-12-15(11-20-21)13-6-5-7-14(10-13)17(19)16-8-3-4-9-22(16)18(23)24/h5-7,10-12,16-17H,2-4,8-9,19H2,1H3,(H,23,24)/t16-,17-/m0/s1. The summed E-state index contributed by atoms with van der Waals surface area (Å²) in [5.41, 5.74) is 9.52. The van der Waals surface area contributed by atoms with Crippen LogP contribution in [0.1, 0.15) is 37.8 Å². The summed E-state index contributed by atoms with van der Waals surface area (Å²) in [7, 11) is 0. The van der Waals surface area contributed by atoms with Crippen LogP contribution in [0.5, 0.6) is 0 Å². The van der Waals surface area contributed by atoms with Crippen molar-refractivity contribution in [3.05, 3.63) is 42.2 Å². The summed E-state index contributed by atoms with van der Waals surface area (Å²) in [4.78, 5) is 13.0. The van der Waals surface area contributed by atoms with E-state index in [1.54, 1.807) is 0 Å². The Morgan fingerprint density at radius 1 is 1.42 bits per heavy atom. The molecule has 2 atom stereocenters. The Bertz CT molecular complexity index is 713. The molecule has 24 heavy (non-hydrogen) atoms. The molecule has 6 heteroatoms. The summed E-state index contributed by atoms with van der Waals surface area (Å²) in [6.07, 6.45) is 5.71. The van der Waals surface area contributed by atoms with E-state index in [1.807, 2.05) is 42.2 Å². The number of carboxylic acid groups (broad SMARTS) is 1. The lowest BCUT2D eigenvalue weighted by Crippen LogP contribution is -2.48. The van der Waals surface area contributed by atoms with Gasteiger partial charge in [0.05, 0.1) is 18.3 Å². The lowest BCUT2D eigenvalue weighted by molar-refractivity contribution is 0.0967. The van der Waals surface area contributed by atoms with Gasteiger partial charge in [-0.1, -0.05) is 18.2 Å². The SMILES string of the molecule is CCn1cc(-c2cccc([C@H](N)[C@@H]3CCCCN3C(=O)O)c2)cn1. The second kappa shape index (κ2) is 7.05. The first kappa shape index (κ1) is 16.5. The van der Waals surface area contributed by atoms with Gasteiger partial charge in [0.1, 0.15) is 0 Å². The van der Waals surface area contributed by atoms with Gasteiger partial charge < -0.3 is 15.7 Å². The lowest BCUT2D eigenvalue weighted by atomic mass is 9.90. The van der Waals surface area contributed by atoms with Crippen molar-refractivity contribution in [1.82, 2.24) is 14.7 Å². The van der Waals surface area contributed by atoms with Gasteiger partial charge in [-0.2, -0.15) is 5.10 Å². The summed E-state index contributed by atoms with van der Waals surface area (Å²) in [5, 5.41) is 13.7. The predicted octanol–water partition coefficient (Wildman–Crippen LogP) is 3.10. The number of piperidine rings is 1. The zero-order valence-corrected chi connectivity index (χ0v) is 13.9. The molecule has 0 aliphatic carbocycles. The number of aryl methyl sites for hydroxylation is 1. The maximum atomic E-state index is 11.5. The number of benzene rings is 1. The minimum absolute atomic E-state index is 0.162. The van der Waals surface area contributed by atoms with Gasteiger partial charge in [0.15, 0.2) is 0 Å². The van der Waals surface area contributed by atoms with Crippen molar-refractivity contribution in [2.24, 2.45) is 5.73 Å². The number of hydrogen-bond acceptors (Lipinski definition) is 3. The number of amides is 1. The minimum atomic E-state index is -0.879. The van der Waals surface area contributed by atoms with Gasteiger partial charge in [0.25, 0.3) is 0 Å². The topological polar surface area (TPSA) is 84.4 Å². The van der Waals surface area contributed by atoms with Gasteiger partial charge in [0, 0.05) is 24.8 Å². The molecule has 2 heterocycles. The van der Waals surface area contributed by atoms with Crippen molar-refractivity contribution in [2.75, 3.05) is 6.54 Å². The Kier molecular flexibility index (Phi) is 4.85.